The number of pyridine rings is 1. The van der Waals surface area contributed by atoms with Crippen LogP contribution in [0.5, 0.6) is 0 Å². The number of benzene rings is 1. The summed E-state index contributed by atoms with van der Waals surface area (Å²) >= 11 is 1.30. The van der Waals surface area contributed by atoms with Crippen molar-refractivity contribution in [1.29, 1.82) is 0 Å². The lowest BCUT2D eigenvalue weighted by Gasteiger charge is -2.12. The second-order valence-corrected chi connectivity index (χ2v) is 8.12. The van der Waals surface area contributed by atoms with E-state index in [1.165, 1.54) is 41.9 Å². The molecule has 0 aliphatic heterocycles. The summed E-state index contributed by atoms with van der Waals surface area (Å²) in [6.45, 7) is 1.82. The van der Waals surface area contributed by atoms with E-state index in [-0.39, 0.29) is 11.7 Å². The van der Waals surface area contributed by atoms with E-state index in [1.807, 2.05) is 6.92 Å². The number of nitrogens with two attached hydrogens (primary N) is 1. The molecule has 0 atom stereocenters. The molecule has 0 unspecified atom stereocenters. The van der Waals surface area contributed by atoms with E-state index in [1.54, 1.807) is 6.07 Å². The van der Waals surface area contributed by atoms with Crippen LogP contribution in [0.3, 0.4) is 0 Å². The molecule has 1 aliphatic carbocycles. The second kappa shape index (κ2) is 7.27. The Hall–Kier alpha value is -2.47. The molecule has 6 heteroatoms. The van der Waals surface area contributed by atoms with Gasteiger partial charge in [0, 0.05) is 16.8 Å². The van der Waals surface area contributed by atoms with Crippen LogP contribution in [-0.4, -0.2) is 10.9 Å². The number of nitrogens with one attached hydrogen (secondary N) is 1. The molecule has 0 bridgehead atoms. The van der Waals surface area contributed by atoms with Crippen LogP contribution in [0.25, 0.3) is 10.2 Å². The van der Waals surface area contributed by atoms with Gasteiger partial charge in [0.05, 0.1) is 5.69 Å². The van der Waals surface area contributed by atoms with Crippen molar-refractivity contribution < 1.29 is 9.18 Å². The van der Waals surface area contributed by atoms with E-state index in [9.17, 15) is 9.18 Å². The third-order valence-corrected chi connectivity index (χ3v) is 6.27. The Balaban J connectivity index is 1.70. The van der Waals surface area contributed by atoms with E-state index in [4.69, 9.17) is 10.7 Å². The highest BCUT2D eigenvalue weighted by molar-refractivity contribution is 7.21. The van der Waals surface area contributed by atoms with Crippen LogP contribution in [-0.2, 0) is 12.8 Å². The molecular weight excluding hydrogens is 361 g/mol. The number of carbonyl (C=O) groups is 1. The highest BCUT2D eigenvalue weighted by Crippen LogP contribution is 2.35. The maximum absolute atomic E-state index is 13.5. The SMILES string of the molecule is Cc1ccc(F)cc1NC(=O)c1sc2nc3c(cc2c1N)CCCCCC3. The van der Waals surface area contributed by atoms with Crippen molar-refractivity contribution in [1.82, 2.24) is 4.98 Å². The first-order valence-corrected chi connectivity index (χ1v) is 10.1. The third kappa shape index (κ3) is 3.54. The summed E-state index contributed by atoms with van der Waals surface area (Å²) < 4.78 is 13.5. The average Bonchev–Trinajstić information content (AvgIpc) is 2.94. The molecule has 0 saturated carbocycles. The lowest BCUT2D eigenvalue weighted by molar-refractivity contribution is 0.103. The number of hydrogen-bond acceptors (Lipinski definition) is 4. The fourth-order valence-electron chi connectivity index (χ4n) is 3.59. The minimum absolute atomic E-state index is 0.323. The van der Waals surface area contributed by atoms with Gasteiger partial charge in [0.15, 0.2) is 0 Å². The maximum Gasteiger partial charge on any atom is 0.267 e. The van der Waals surface area contributed by atoms with Gasteiger partial charge in [0.25, 0.3) is 5.91 Å². The van der Waals surface area contributed by atoms with Gasteiger partial charge in [-0.2, -0.15) is 0 Å². The van der Waals surface area contributed by atoms with E-state index in [0.29, 0.717) is 16.3 Å². The smallest absolute Gasteiger partial charge is 0.267 e. The zero-order valence-corrected chi connectivity index (χ0v) is 16.1. The number of fused-ring (bicyclic) bond motifs is 2. The van der Waals surface area contributed by atoms with E-state index < -0.39 is 0 Å². The number of nitrogen functional groups attached to an aromatic ring is 1. The van der Waals surface area contributed by atoms with Crippen LogP contribution < -0.4 is 11.1 Å². The van der Waals surface area contributed by atoms with Crippen LogP contribution in [0.4, 0.5) is 15.8 Å². The molecule has 2 aromatic heterocycles. The summed E-state index contributed by atoms with van der Waals surface area (Å²) in [7, 11) is 0. The Bertz CT molecular complexity index is 1030. The van der Waals surface area contributed by atoms with E-state index >= 15 is 0 Å². The largest absolute Gasteiger partial charge is 0.397 e. The maximum atomic E-state index is 13.5. The minimum Gasteiger partial charge on any atom is -0.397 e. The predicted molar refractivity (Wildman–Crippen MR) is 109 cm³/mol. The number of rotatable bonds is 2. The third-order valence-electron chi connectivity index (χ3n) is 5.15. The van der Waals surface area contributed by atoms with Gasteiger partial charge in [-0.15, -0.1) is 11.3 Å². The zero-order valence-electron chi connectivity index (χ0n) is 15.3. The number of anilines is 2. The molecule has 4 nitrogen and oxygen atoms in total. The first kappa shape index (κ1) is 17.9. The van der Waals surface area contributed by atoms with E-state index in [0.717, 1.165) is 47.2 Å². The number of aryl methyl sites for hydroxylation is 3. The van der Waals surface area contributed by atoms with Gasteiger partial charge in [-0.05, 0) is 61.9 Å². The average molecular weight is 383 g/mol. The Kier molecular flexibility index (Phi) is 4.83. The molecule has 27 heavy (non-hydrogen) atoms. The normalized spacial score (nSPS) is 14.4. The molecule has 140 valence electrons. The molecule has 3 N–H and O–H groups in total. The fourth-order valence-corrected chi connectivity index (χ4v) is 4.58. The molecule has 0 radical (unpaired) electrons. The number of hydrogen-bond donors (Lipinski definition) is 2. The number of halogens is 1. The molecular formula is C21H22FN3OS. The summed E-state index contributed by atoms with van der Waals surface area (Å²) in [5, 5.41) is 3.63. The summed E-state index contributed by atoms with van der Waals surface area (Å²) in [5.41, 5.74) is 10.4. The lowest BCUT2D eigenvalue weighted by atomic mass is 9.96. The summed E-state index contributed by atoms with van der Waals surface area (Å²) in [6.07, 6.45) is 6.79. The molecule has 2 heterocycles. The minimum atomic E-state index is -0.387. The van der Waals surface area contributed by atoms with Crippen molar-refractivity contribution in [2.45, 2.75) is 45.4 Å². The lowest BCUT2D eigenvalue weighted by Crippen LogP contribution is -2.13. The Labute approximate surface area is 161 Å². The number of amides is 1. The second-order valence-electron chi connectivity index (χ2n) is 7.12. The van der Waals surface area contributed by atoms with Crippen molar-refractivity contribution in [3.63, 3.8) is 0 Å². The molecule has 0 spiro atoms. The fraction of sp³-hybridized carbons (Fsp3) is 0.333. The van der Waals surface area contributed by atoms with Gasteiger partial charge < -0.3 is 11.1 Å². The van der Waals surface area contributed by atoms with Crippen LogP contribution in [0.15, 0.2) is 24.3 Å². The Morgan fingerprint density at radius 1 is 1.19 bits per heavy atom. The predicted octanol–water partition coefficient (Wildman–Crippen LogP) is 5.24. The van der Waals surface area contributed by atoms with Crippen LogP contribution in [0.1, 0.15) is 52.2 Å². The van der Waals surface area contributed by atoms with Crippen LogP contribution in [0.2, 0.25) is 0 Å². The highest BCUT2D eigenvalue weighted by Gasteiger charge is 2.20. The summed E-state index contributed by atoms with van der Waals surface area (Å²) in [6, 6.07) is 6.44. The standard InChI is InChI=1S/C21H22FN3OS/c1-12-8-9-14(22)11-17(12)24-20(26)19-18(23)15-10-13-6-4-2-3-5-7-16(13)25-21(15)27-19/h8-11H,2-7,23H2,1H3,(H,24,26). The number of nitrogens with zero attached hydrogens (tertiary/aromatic N) is 1. The van der Waals surface area contributed by atoms with Gasteiger partial charge in [-0.1, -0.05) is 18.9 Å². The summed E-state index contributed by atoms with van der Waals surface area (Å²) in [4.78, 5) is 18.8. The molecule has 3 aromatic rings. The first-order valence-electron chi connectivity index (χ1n) is 9.31. The highest BCUT2D eigenvalue weighted by atomic mass is 32.1. The van der Waals surface area contributed by atoms with Gasteiger partial charge in [0.2, 0.25) is 0 Å². The van der Waals surface area contributed by atoms with Crippen molar-refractivity contribution in [2.24, 2.45) is 0 Å². The number of thiophene rings is 1. The van der Waals surface area contributed by atoms with Gasteiger partial charge in [0.1, 0.15) is 15.5 Å². The molecule has 0 fully saturated rings. The van der Waals surface area contributed by atoms with Crippen molar-refractivity contribution in [3.8, 4) is 0 Å². The van der Waals surface area contributed by atoms with Gasteiger partial charge in [-0.3, -0.25) is 4.79 Å². The van der Waals surface area contributed by atoms with Crippen molar-refractivity contribution in [3.05, 3.63) is 51.8 Å². The molecule has 1 aromatic carbocycles. The molecule has 1 aliphatic rings. The Morgan fingerprint density at radius 2 is 1.96 bits per heavy atom. The van der Waals surface area contributed by atoms with Gasteiger partial charge in [-0.25, -0.2) is 9.37 Å². The van der Waals surface area contributed by atoms with Crippen LogP contribution in [0, 0.1) is 12.7 Å². The van der Waals surface area contributed by atoms with Crippen molar-refractivity contribution >= 4 is 38.8 Å². The van der Waals surface area contributed by atoms with Crippen molar-refractivity contribution in [2.75, 3.05) is 11.1 Å². The summed E-state index contributed by atoms with van der Waals surface area (Å²) in [5.74, 6) is -0.710. The molecule has 1 amide bonds. The topological polar surface area (TPSA) is 68.0 Å². The quantitative estimate of drug-likeness (QED) is 0.636. The van der Waals surface area contributed by atoms with E-state index in [2.05, 4.69) is 11.4 Å². The van der Waals surface area contributed by atoms with Crippen LogP contribution >= 0.6 is 11.3 Å². The Morgan fingerprint density at radius 3 is 2.78 bits per heavy atom. The monoisotopic (exact) mass is 383 g/mol. The molecule has 0 saturated heterocycles. The van der Waals surface area contributed by atoms with Gasteiger partial charge >= 0.3 is 0 Å². The molecule has 4 rings (SSSR count). The number of aromatic nitrogens is 1. The number of carbonyl (C=O) groups excluding carboxylic acids is 1. The zero-order chi connectivity index (χ0) is 19.0. The first-order chi connectivity index (χ1) is 13.0.